The number of carbonyl (C=O) groups is 1. The molecule has 0 aliphatic rings. The van der Waals surface area contributed by atoms with Crippen LogP contribution >= 0.6 is 23.8 Å². The molecule has 1 aromatic heterocycles. The summed E-state index contributed by atoms with van der Waals surface area (Å²) in [5.74, 6) is 0.207. The van der Waals surface area contributed by atoms with Crippen molar-refractivity contribution in [3.8, 4) is 17.2 Å². The Labute approximate surface area is 193 Å². The lowest BCUT2D eigenvalue weighted by Crippen LogP contribution is -2.37. The number of nitrogens with one attached hydrogen (secondary N) is 2. The van der Waals surface area contributed by atoms with Gasteiger partial charge in [0.25, 0.3) is 5.91 Å². The number of nitrogens with zero attached hydrogens (tertiary/aromatic N) is 1. The number of anilines is 1. The number of hydrogen-bond donors (Lipinski definition) is 2. The van der Waals surface area contributed by atoms with Gasteiger partial charge in [-0.15, -0.1) is 0 Å². The van der Waals surface area contributed by atoms with Gasteiger partial charge in [0.15, 0.2) is 17.3 Å². The quantitative estimate of drug-likeness (QED) is 0.376. The summed E-state index contributed by atoms with van der Waals surface area (Å²) in [6, 6.07) is 16.2. The zero-order valence-corrected chi connectivity index (χ0v) is 18.4. The minimum Gasteiger partial charge on any atom is -0.483 e. The summed E-state index contributed by atoms with van der Waals surface area (Å²) in [5, 5.41) is 6.21. The first kappa shape index (κ1) is 21.7. The molecule has 0 spiro atoms. The van der Waals surface area contributed by atoms with E-state index in [-0.39, 0.29) is 17.5 Å². The number of fused-ring (bicyclic) bond motifs is 1. The van der Waals surface area contributed by atoms with E-state index in [1.165, 1.54) is 12.1 Å². The lowest BCUT2D eigenvalue weighted by Gasteiger charge is -2.11. The van der Waals surface area contributed by atoms with Gasteiger partial charge in [0.2, 0.25) is 5.89 Å². The number of benzene rings is 3. The molecule has 6 nitrogen and oxygen atoms in total. The van der Waals surface area contributed by atoms with Crippen LogP contribution in [-0.4, -0.2) is 22.6 Å². The highest BCUT2D eigenvalue weighted by molar-refractivity contribution is 7.80. The minimum atomic E-state index is -0.405. The van der Waals surface area contributed by atoms with Gasteiger partial charge in [-0.25, -0.2) is 9.37 Å². The van der Waals surface area contributed by atoms with E-state index in [2.05, 4.69) is 15.6 Å². The van der Waals surface area contributed by atoms with Crippen molar-refractivity contribution < 1.29 is 18.3 Å². The Bertz CT molecular complexity index is 1310. The summed E-state index contributed by atoms with van der Waals surface area (Å²) in [7, 11) is 0. The first-order chi connectivity index (χ1) is 15.4. The number of carbonyl (C=O) groups excluding carboxylic acids is 1. The molecule has 1 heterocycles. The minimum absolute atomic E-state index is 0.119. The highest BCUT2D eigenvalue weighted by Gasteiger charge is 2.11. The number of thiocarbonyl (C=S) groups is 1. The van der Waals surface area contributed by atoms with Gasteiger partial charge in [-0.2, -0.15) is 0 Å². The van der Waals surface area contributed by atoms with Gasteiger partial charge >= 0.3 is 0 Å². The van der Waals surface area contributed by atoms with Gasteiger partial charge in [0, 0.05) is 16.3 Å². The number of ether oxygens (including phenoxy) is 1. The van der Waals surface area contributed by atoms with Crippen LogP contribution in [0.1, 0.15) is 5.56 Å². The van der Waals surface area contributed by atoms with Gasteiger partial charge in [-0.1, -0.05) is 11.6 Å². The lowest BCUT2D eigenvalue weighted by atomic mass is 10.2. The van der Waals surface area contributed by atoms with Crippen molar-refractivity contribution in [2.75, 3.05) is 11.9 Å². The van der Waals surface area contributed by atoms with Crippen LogP contribution < -0.4 is 15.4 Å². The van der Waals surface area contributed by atoms with Crippen molar-refractivity contribution in [1.82, 2.24) is 10.3 Å². The third kappa shape index (κ3) is 5.22. The number of rotatable bonds is 5. The summed E-state index contributed by atoms with van der Waals surface area (Å²) < 4.78 is 24.4. The molecule has 0 atom stereocenters. The van der Waals surface area contributed by atoms with E-state index in [1.54, 1.807) is 48.5 Å². The third-order valence-corrected chi connectivity index (χ3v) is 4.92. The smallest absolute Gasteiger partial charge is 0.264 e. The number of aryl methyl sites for hydroxylation is 1. The molecule has 0 fully saturated rings. The fraction of sp³-hybridized carbons (Fsp3) is 0.0870. The van der Waals surface area contributed by atoms with E-state index in [0.717, 1.165) is 5.56 Å². The molecule has 0 saturated heterocycles. The molecule has 0 bridgehead atoms. The topological polar surface area (TPSA) is 76.4 Å². The van der Waals surface area contributed by atoms with E-state index in [1.807, 2.05) is 6.92 Å². The first-order valence-corrected chi connectivity index (χ1v) is 10.3. The molecule has 3 aromatic carbocycles. The Morgan fingerprint density at radius 1 is 1.16 bits per heavy atom. The predicted octanol–water partition coefficient (Wildman–Crippen LogP) is 5.49. The predicted molar refractivity (Wildman–Crippen MR) is 125 cm³/mol. The molecule has 0 aliphatic carbocycles. The van der Waals surface area contributed by atoms with Crippen LogP contribution in [0.3, 0.4) is 0 Å². The second-order valence-electron chi connectivity index (χ2n) is 6.91. The maximum atomic E-state index is 13.1. The van der Waals surface area contributed by atoms with Crippen molar-refractivity contribution in [3.05, 3.63) is 77.1 Å². The maximum Gasteiger partial charge on any atom is 0.264 e. The van der Waals surface area contributed by atoms with Crippen LogP contribution in [0.25, 0.3) is 22.6 Å². The molecule has 0 aliphatic heterocycles. The van der Waals surface area contributed by atoms with Crippen LogP contribution in [0.15, 0.2) is 65.1 Å². The zero-order chi connectivity index (χ0) is 22.7. The normalized spacial score (nSPS) is 10.7. The van der Waals surface area contributed by atoms with Crippen LogP contribution in [-0.2, 0) is 4.79 Å². The van der Waals surface area contributed by atoms with Crippen molar-refractivity contribution >= 4 is 51.6 Å². The summed E-state index contributed by atoms with van der Waals surface area (Å²) >= 11 is 11.1. The molecule has 0 radical (unpaired) electrons. The van der Waals surface area contributed by atoms with E-state index < -0.39 is 5.91 Å². The molecule has 9 heteroatoms. The van der Waals surface area contributed by atoms with Crippen molar-refractivity contribution in [1.29, 1.82) is 0 Å². The highest BCUT2D eigenvalue weighted by Crippen LogP contribution is 2.26. The molecule has 4 rings (SSSR count). The van der Waals surface area contributed by atoms with E-state index in [9.17, 15) is 9.18 Å². The Morgan fingerprint density at radius 3 is 2.69 bits per heavy atom. The van der Waals surface area contributed by atoms with Crippen molar-refractivity contribution in [2.24, 2.45) is 0 Å². The summed E-state index contributed by atoms with van der Waals surface area (Å²) in [6.07, 6.45) is 0. The first-order valence-electron chi connectivity index (χ1n) is 9.54. The number of oxazole rings is 1. The molecule has 0 unspecified atom stereocenters. The number of hydrogen-bond acceptors (Lipinski definition) is 5. The van der Waals surface area contributed by atoms with Crippen LogP contribution in [0, 0.1) is 12.7 Å². The van der Waals surface area contributed by atoms with Gasteiger partial charge < -0.3 is 14.5 Å². The Balaban J connectivity index is 1.36. The summed E-state index contributed by atoms with van der Waals surface area (Å²) in [6.45, 7) is 1.64. The highest BCUT2D eigenvalue weighted by atomic mass is 35.5. The Kier molecular flexibility index (Phi) is 6.34. The molecule has 4 aromatic rings. The largest absolute Gasteiger partial charge is 0.483 e. The molecule has 1 amide bonds. The van der Waals surface area contributed by atoms with E-state index >= 15 is 0 Å². The van der Waals surface area contributed by atoms with E-state index in [0.29, 0.717) is 39.0 Å². The standard InChI is InChI=1S/C23H17ClFN3O3S/c1-13-10-15(24)4-8-19(13)30-12-21(29)28-23(32)26-17-7-9-20-18(11-17)27-22(31-20)14-2-5-16(25)6-3-14/h2-11H,12H2,1H3,(H2,26,28,29,32). The maximum absolute atomic E-state index is 13.1. The number of halogens is 2. The van der Waals surface area contributed by atoms with Crippen LogP contribution in [0.4, 0.5) is 10.1 Å². The fourth-order valence-electron chi connectivity index (χ4n) is 2.96. The molecule has 32 heavy (non-hydrogen) atoms. The molecular formula is C23H17ClFN3O3S. The second kappa shape index (κ2) is 9.33. The van der Waals surface area contributed by atoms with E-state index in [4.69, 9.17) is 33.0 Å². The molecule has 0 saturated carbocycles. The van der Waals surface area contributed by atoms with Gasteiger partial charge in [-0.05, 0) is 85.4 Å². The number of aromatic nitrogens is 1. The molecule has 162 valence electrons. The lowest BCUT2D eigenvalue weighted by molar-refractivity contribution is -0.121. The van der Waals surface area contributed by atoms with Gasteiger partial charge in [-0.3, -0.25) is 10.1 Å². The monoisotopic (exact) mass is 469 g/mol. The van der Waals surface area contributed by atoms with Crippen molar-refractivity contribution in [3.63, 3.8) is 0 Å². The van der Waals surface area contributed by atoms with Crippen LogP contribution in [0.2, 0.25) is 5.02 Å². The fourth-order valence-corrected chi connectivity index (χ4v) is 3.42. The average Bonchev–Trinajstić information content (AvgIpc) is 3.17. The SMILES string of the molecule is Cc1cc(Cl)ccc1OCC(=O)NC(=S)Nc1ccc2oc(-c3ccc(F)cc3)nc2c1. The third-order valence-electron chi connectivity index (χ3n) is 4.49. The zero-order valence-electron chi connectivity index (χ0n) is 16.8. The van der Waals surface area contributed by atoms with Crippen molar-refractivity contribution in [2.45, 2.75) is 6.92 Å². The summed E-state index contributed by atoms with van der Waals surface area (Å²) in [5.41, 5.74) is 3.26. The number of amides is 1. The average molecular weight is 470 g/mol. The van der Waals surface area contributed by atoms with Crippen LogP contribution in [0.5, 0.6) is 5.75 Å². The molecular weight excluding hydrogens is 453 g/mol. The summed E-state index contributed by atoms with van der Waals surface area (Å²) in [4.78, 5) is 16.6. The Hall–Kier alpha value is -3.49. The second-order valence-corrected chi connectivity index (χ2v) is 7.75. The Morgan fingerprint density at radius 2 is 1.94 bits per heavy atom. The molecule has 2 N–H and O–H groups in total. The van der Waals surface area contributed by atoms with Gasteiger partial charge in [0.1, 0.15) is 17.1 Å². The van der Waals surface area contributed by atoms with Gasteiger partial charge in [0.05, 0.1) is 0 Å².